The summed E-state index contributed by atoms with van der Waals surface area (Å²) in [4.78, 5) is 6.71. The summed E-state index contributed by atoms with van der Waals surface area (Å²) in [7, 11) is 0. The Labute approximate surface area is 143 Å². The van der Waals surface area contributed by atoms with Crippen molar-refractivity contribution >= 4 is 17.7 Å². The van der Waals surface area contributed by atoms with Crippen molar-refractivity contribution in [3.63, 3.8) is 0 Å². The molecule has 1 aromatic rings. The smallest absolute Gasteiger partial charge is 0.191 e. The first kappa shape index (κ1) is 16.5. The highest BCUT2D eigenvalue weighted by molar-refractivity contribution is 7.99. The van der Waals surface area contributed by atoms with Gasteiger partial charge in [0.2, 0.25) is 0 Å². The maximum atomic E-state index is 6.09. The average Bonchev–Trinajstić information content (AvgIpc) is 2.62. The zero-order chi connectivity index (χ0) is 15.9. The second-order valence-electron chi connectivity index (χ2n) is 6.30. The van der Waals surface area contributed by atoms with Gasteiger partial charge in [-0.25, -0.2) is 4.99 Å². The van der Waals surface area contributed by atoms with E-state index in [1.807, 2.05) is 11.8 Å². The Bertz CT molecular complexity index is 506. The predicted octanol–water partition coefficient (Wildman–Crippen LogP) is 3.26. The van der Waals surface area contributed by atoms with Crippen molar-refractivity contribution in [3.05, 3.63) is 29.8 Å². The standard InChI is InChI=1S/C18H27N3OS/c19-18(21-10-12-23-13-11-21)20-14-15-6-8-17(9-7-15)22-16-4-2-1-3-5-16/h6-9,16H,1-5,10-14H2,(H2,19,20). The van der Waals surface area contributed by atoms with Gasteiger partial charge in [0.05, 0.1) is 12.6 Å². The number of aliphatic imine (C=N–C) groups is 1. The zero-order valence-electron chi connectivity index (χ0n) is 13.7. The van der Waals surface area contributed by atoms with E-state index in [2.05, 4.69) is 34.2 Å². The van der Waals surface area contributed by atoms with E-state index in [1.54, 1.807) is 0 Å². The van der Waals surface area contributed by atoms with Crippen molar-refractivity contribution in [2.24, 2.45) is 10.7 Å². The van der Waals surface area contributed by atoms with Crippen LogP contribution in [0.4, 0.5) is 0 Å². The van der Waals surface area contributed by atoms with Crippen LogP contribution in [-0.4, -0.2) is 41.6 Å². The SMILES string of the molecule is NC(=NCc1ccc(OC2CCCCC2)cc1)N1CCSCC1. The molecule has 0 spiro atoms. The minimum Gasteiger partial charge on any atom is -0.490 e. The third-order valence-electron chi connectivity index (χ3n) is 4.54. The van der Waals surface area contributed by atoms with Crippen molar-refractivity contribution in [2.75, 3.05) is 24.6 Å². The van der Waals surface area contributed by atoms with Gasteiger partial charge < -0.3 is 15.4 Å². The largest absolute Gasteiger partial charge is 0.490 e. The van der Waals surface area contributed by atoms with Gasteiger partial charge in [-0.15, -0.1) is 0 Å². The number of rotatable bonds is 4. The van der Waals surface area contributed by atoms with Gasteiger partial charge in [-0.05, 0) is 43.4 Å². The number of nitrogens with two attached hydrogens (primary N) is 1. The Morgan fingerprint density at radius 2 is 1.83 bits per heavy atom. The Balaban J connectivity index is 1.50. The fraction of sp³-hybridized carbons (Fsp3) is 0.611. The lowest BCUT2D eigenvalue weighted by molar-refractivity contribution is 0.155. The van der Waals surface area contributed by atoms with Crippen LogP contribution < -0.4 is 10.5 Å². The number of ether oxygens (including phenoxy) is 1. The molecule has 1 saturated heterocycles. The first-order chi connectivity index (χ1) is 11.3. The average molecular weight is 334 g/mol. The Morgan fingerprint density at radius 1 is 1.13 bits per heavy atom. The third kappa shape index (κ3) is 5.06. The summed E-state index contributed by atoms with van der Waals surface area (Å²) in [6, 6.07) is 8.32. The van der Waals surface area contributed by atoms with E-state index in [9.17, 15) is 0 Å². The van der Waals surface area contributed by atoms with Crippen LogP contribution in [0.15, 0.2) is 29.3 Å². The fourth-order valence-corrected chi connectivity index (χ4v) is 4.02. The Hall–Kier alpha value is -1.36. The van der Waals surface area contributed by atoms with Gasteiger partial charge in [0.1, 0.15) is 5.75 Å². The van der Waals surface area contributed by atoms with Crippen molar-refractivity contribution in [3.8, 4) is 5.75 Å². The molecular weight excluding hydrogens is 306 g/mol. The molecule has 2 fully saturated rings. The molecule has 4 nitrogen and oxygen atoms in total. The summed E-state index contributed by atoms with van der Waals surface area (Å²) in [6.07, 6.45) is 6.74. The number of hydrogen-bond acceptors (Lipinski definition) is 3. The molecule has 0 bridgehead atoms. The molecule has 0 radical (unpaired) electrons. The molecule has 0 atom stereocenters. The highest BCUT2D eigenvalue weighted by Gasteiger charge is 2.15. The predicted molar refractivity (Wildman–Crippen MR) is 98.2 cm³/mol. The van der Waals surface area contributed by atoms with E-state index in [1.165, 1.54) is 37.7 Å². The molecule has 23 heavy (non-hydrogen) atoms. The van der Waals surface area contributed by atoms with E-state index < -0.39 is 0 Å². The first-order valence-corrected chi connectivity index (χ1v) is 9.85. The minimum absolute atomic E-state index is 0.403. The molecule has 0 amide bonds. The molecule has 1 aromatic carbocycles. The van der Waals surface area contributed by atoms with Crippen molar-refractivity contribution in [2.45, 2.75) is 44.8 Å². The Morgan fingerprint density at radius 3 is 2.52 bits per heavy atom. The fourth-order valence-electron chi connectivity index (χ4n) is 3.11. The maximum absolute atomic E-state index is 6.09. The lowest BCUT2D eigenvalue weighted by Crippen LogP contribution is -2.42. The number of nitrogens with zero attached hydrogens (tertiary/aromatic N) is 2. The molecule has 0 unspecified atom stereocenters. The normalized spacial score (nSPS) is 20.5. The Kier molecular flexibility index (Phi) is 6.08. The van der Waals surface area contributed by atoms with Crippen LogP contribution >= 0.6 is 11.8 Å². The van der Waals surface area contributed by atoms with Gasteiger partial charge in [-0.1, -0.05) is 18.6 Å². The molecular formula is C18H27N3OS. The third-order valence-corrected chi connectivity index (χ3v) is 5.48. The molecule has 5 heteroatoms. The molecule has 1 aliphatic heterocycles. The summed E-state index contributed by atoms with van der Waals surface area (Å²) in [5, 5.41) is 0. The zero-order valence-corrected chi connectivity index (χ0v) is 14.6. The highest BCUT2D eigenvalue weighted by Crippen LogP contribution is 2.23. The van der Waals surface area contributed by atoms with E-state index in [0.29, 0.717) is 18.6 Å². The lowest BCUT2D eigenvalue weighted by Gasteiger charge is -2.27. The summed E-state index contributed by atoms with van der Waals surface area (Å²) in [6.45, 7) is 2.65. The van der Waals surface area contributed by atoms with Gasteiger partial charge in [0.15, 0.2) is 5.96 Å². The summed E-state index contributed by atoms with van der Waals surface area (Å²) in [5.41, 5.74) is 7.27. The van der Waals surface area contributed by atoms with Gasteiger partial charge in [-0.3, -0.25) is 0 Å². The van der Waals surface area contributed by atoms with Gasteiger partial charge in [0, 0.05) is 24.6 Å². The summed E-state index contributed by atoms with van der Waals surface area (Å²) < 4.78 is 6.06. The second-order valence-corrected chi connectivity index (χ2v) is 7.52. The minimum atomic E-state index is 0.403. The first-order valence-electron chi connectivity index (χ1n) is 8.69. The highest BCUT2D eigenvalue weighted by atomic mass is 32.2. The van der Waals surface area contributed by atoms with E-state index >= 15 is 0 Å². The van der Waals surface area contributed by atoms with Crippen LogP contribution in [0, 0.1) is 0 Å². The van der Waals surface area contributed by atoms with Gasteiger partial charge in [-0.2, -0.15) is 11.8 Å². The van der Waals surface area contributed by atoms with Crippen molar-refractivity contribution in [1.29, 1.82) is 0 Å². The second kappa shape index (κ2) is 8.48. The van der Waals surface area contributed by atoms with Crippen LogP contribution in [0.1, 0.15) is 37.7 Å². The number of thioether (sulfide) groups is 1. The van der Waals surface area contributed by atoms with Crippen LogP contribution in [0.3, 0.4) is 0 Å². The summed E-state index contributed by atoms with van der Waals surface area (Å²) in [5.74, 6) is 3.94. The molecule has 2 N–H and O–H groups in total. The van der Waals surface area contributed by atoms with E-state index in [4.69, 9.17) is 10.5 Å². The van der Waals surface area contributed by atoms with Crippen LogP contribution in [0.2, 0.25) is 0 Å². The van der Waals surface area contributed by atoms with E-state index in [-0.39, 0.29) is 0 Å². The summed E-state index contributed by atoms with van der Waals surface area (Å²) >= 11 is 1.98. The monoisotopic (exact) mass is 333 g/mol. The number of benzene rings is 1. The molecule has 0 aromatic heterocycles. The van der Waals surface area contributed by atoms with Crippen LogP contribution in [0.25, 0.3) is 0 Å². The van der Waals surface area contributed by atoms with Crippen LogP contribution in [0.5, 0.6) is 5.75 Å². The molecule has 1 aliphatic carbocycles. The quantitative estimate of drug-likeness (QED) is 0.679. The topological polar surface area (TPSA) is 50.9 Å². The number of hydrogen-bond donors (Lipinski definition) is 1. The molecule has 126 valence electrons. The number of guanidine groups is 1. The van der Waals surface area contributed by atoms with Crippen molar-refractivity contribution < 1.29 is 4.74 Å². The molecule has 1 saturated carbocycles. The molecule has 3 rings (SSSR count). The van der Waals surface area contributed by atoms with Crippen LogP contribution in [-0.2, 0) is 6.54 Å². The molecule has 1 heterocycles. The maximum Gasteiger partial charge on any atom is 0.191 e. The van der Waals surface area contributed by atoms with E-state index in [0.717, 1.165) is 30.3 Å². The van der Waals surface area contributed by atoms with Crippen molar-refractivity contribution in [1.82, 2.24) is 4.90 Å². The lowest BCUT2D eigenvalue weighted by atomic mass is 9.98. The molecule has 2 aliphatic rings. The van der Waals surface area contributed by atoms with Gasteiger partial charge >= 0.3 is 0 Å². The van der Waals surface area contributed by atoms with Gasteiger partial charge in [0.25, 0.3) is 0 Å².